The lowest BCUT2D eigenvalue weighted by Crippen LogP contribution is -2.61. The summed E-state index contributed by atoms with van der Waals surface area (Å²) in [6.07, 6.45) is 6.81. The van der Waals surface area contributed by atoms with Gasteiger partial charge in [-0.15, -0.1) is 0 Å². The van der Waals surface area contributed by atoms with Gasteiger partial charge in [0.2, 0.25) is 5.91 Å². The molecule has 1 amide bonds. The lowest BCUT2D eigenvalue weighted by atomic mass is 9.54. The van der Waals surface area contributed by atoms with Crippen molar-refractivity contribution in [1.82, 2.24) is 15.1 Å². The van der Waals surface area contributed by atoms with E-state index in [0.29, 0.717) is 12.6 Å². The molecular formula is C25H37N3O2. The highest BCUT2D eigenvalue weighted by molar-refractivity contribution is 5.82. The van der Waals surface area contributed by atoms with Crippen LogP contribution >= 0.6 is 0 Å². The van der Waals surface area contributed by atoms with Gasteiger partial charge < -0.3 is 15.0 Å². The molecule has 164 valence electrons. The number of carbonyl (C=O) groups excluding carboxylic acids is 1. The van der Waals surface area contributed by atoms with Gasteiger partial charge in [0.15, 0.2) is 0 Å². The monoisotopic (exact) mass is 411 g/mol. The number of rotatable bonds is 7. The van der Waals surface area contributed by atoms with Crippen molar-refractivity contribution < 1.29 is 9.53 Å². The number of nitrogens with zero attached hydrogens (tertiary/aromatic N) is 2. The average Bonchev–Trinajstić information content (AvgIpc) is 2.75. The molecule has 5 aliphatic rings. The lowest BCUT2D eigenvalue weighted by Gasteiger charge is -2.54. The lowest BCUT2D eigenvalue weighted by molar-refractivity contribution is -0.136. The SMILES string of the molecule is CN(CCN1CCOCC1C(=O)NC1C2CC3CC(C2)CC1C3)Cc1ccccc1. The van der Waals surface area contributed by atoms with Crippen molar-refractivity contribution in [3.05, 3.63) is 35.9 Å². The molecule has 1 heterocycles. The third-order valence-corrected chi connectivity index (χ3v) is 8.14. The normalized spacial score (nSPS) is 35.7. The van der Waals surface area contributed by atoms with E-state index in [4.69, 9.17) is 4.74 Å². The van der Waals surface area contributed by atoms with Crippen LogP contribution in [0.1, 0.15) is 37.7 Å². The maximum Gasteiger partial charge on any atom is 0.239 e. The first-order valence-corrected chi connectivity index (χ1v) is 12.0. The van der Waals surface area contributed by atoms with Crippen molar-refractivity contribution in [1.29, 1.82) is 0 Å². The second-order valence-electron chi connectivity index (χ2n) is 10.3. The molecule has 0 spiro atoms. The molecular weight excluding hydrogens is 374 g/mol. The quantitative estimate of drug-likeness (QED) is 0.749. The van der Waals surface area contributed by atoms with Crippen molar-refractivity contribution >= 4 is 5.91 Å². The van der Waals surface area contributed by atoms with Crippen LogP contribution < -0.4 is 5.32 Å². The molecule has 0 aromatic heterocycles. The third-order valence-electron chi connectivity index (χ3n) is 8.14. The molecule has 1 aliphatic heterocycles. The minimum absolute atomic E-state index is 0.138. The van der Waals surface area contributed by atoms with Crippen LogP contribution in [-0.2, 0) is 16.1 Å². The van der Waals surface area contributed by atoms with Crippen LogP contribution in [0.25, 0.3) is 0 Å². The summed E-state index contributed by atoms with van der Waals surface area (Å²) in [6, 6.07) is 10.9. The number of ether oxygens (including phenoxy) is 1. The first kappa shape index (κ1) is 20.5. The Morgan fingerprint density at radius 2 is 1.80 bits per heavy atom. The Morgan fingerprint density at radius 1 is 1.10 bits per heavy atom. The smallest absolute Gasteiger partial charge is 0.239 e. The standard InChI is InChI=1S/C25H37N3O2/c1-27(16-18-5-3-2-4-6-18)7-8-28-9-10-30-17-23(28)25(29)26-24-21-12-19-11-20(14-21)15-22(24)13-19/h2-6,19-24H,7-17H2,1H3,(H,26,29). The second kappa shape index (κ2) is 8.97. The summed E-state index contributed by atoms with van der Waals surface area (Å²) in [6.45, 7) is 4.91. The summed E-state index contributed by atoms with van der Waals surface area (Å²) in [5.41, 5.74) is 1.33. The van der Waals surface area contributed by atoms with Crippen LogP contribution in [-0.4, -0.2) is 67.7 Å². The van der Waals surface area contributed by atoms with Gasteiger partial charge in [-0.25, -0.2) is 0 Å². The van der Waals surface area contributed by atoms with Gasteiger partial charge in [0.05, 0.1) is 13.2 Å². The molecule has 4 bridgehead atoms. The number of hydrogen-bond donors (Lipinski definition) is 1. The van der Waals surface area contributed by atoms with Crippen molar-refractivity contribution in [3.63, 3.8) is 0 Å². The molecule has 1 atom stereocenters. The fourth-order valence-electron chi connectivity index (χ4n) is 6.84. The Morgan fingerprint density at radius 3 is 2.50 bits per heavy atom. The van der Waals surface area contributed by atoms with Gasteiger partial charge in [0.1, 0.15) is 6.04 Å². The first-order chi connectivity index (χ1) is 14.7. The number of benzene rings is 1. The predicted molar refractivity (Wildman–Crippen MR) is 118 cm³/mol. The number of amides is 1. The zero-order valence-corrected chi connectivity index (χ0v) is 18.3. The van der Waals surface area contributed by atoms with E-state index >= 15 is 0 Å². The Labute approximate surface area is 181 Å². The van der Waals surface area contributed by atoms with Crippen molar-refractivity contribution in [3.8, 4) is 0 Å². The Hall–Kier alpha value is -1.43. The highest BCUT2D eigenvalue weighted by Gasteiger charge is 2.49. The average molecular weight is 412 g/mol. The number of nitrogens with one attached hydrogen (secondary N) is 1. The summed E-state index contributed by atoms with van der Waals surface area (Å²) in [5, 5.41) is 3.51. The molecule has 30 heavy (non-hydrogen) atoms. The van der Waals surface area contributed by atoms with E-state index in [1.807, 2.05) is 0 Å². The minimum Gasteiger partial charge on any atom is -0.378 e. The molecule has 1 aromatic carbocycles. The summed E-state index contributed by atoms with van der Waals surface area (Å²) < 4.78 is 5.73. The third kappa shape index (κ3) is 4.44. The van der Waals surface area contributed by atoms with Crippen molar-refractivity contribution in [2.24, 2.45) is 23.7 Å². The Bertz CT molecular complexity index is 696. The van der Waals surface area contributed by atoms with E-state index in [9.17, 15) is 4.79 Å². The predicted octanol–water partition coefficient (Wildman–Crippen LogP) is 2.76. The highest BCUT2D eigenvalue weighted by Crippen LogP contribution is 2.53. The van der Waals surface area contributed by atoms with E-state index in [-0.39, 0.29) is 11.9 Å². The molecule has 4 saturated carbocycles. The summed E-state index contributed by atoms with van der Waals surface area (Å²) in [7, 11) is 2.16. The largest absolute Gasteiger partial charge is 0.378 e. The van der Waals surface area contributed by atoms with Gasteiger partial charge in [0, 0.05) is 32.2 Å². The molecule has 0 radical (unpaired) electrons. The molecule has 5 nitrogen and oxygen atoms in total. The van der Waals surface area contributed by atoms with Gasteiger partial charge >= 0.3 is 0 Å². The van der Waals surface area contributed by atoms with Crippen LogP contribution in [0.2, 0.25) is 0 Å². The zero-order chi connectivity index (χ0) is 20.5. The minimum atomic E-state index is -0.138. The van der Waals surface area contributed by atoms with E-state index < -0.39 is 0 Å². The fraction of sp³-hybridized carbons (Fsp3) is 0.720. The maximum absolute atomic E-state index is 13.3. The topological polar surface area (TPSA) is 44.8 Å². The molecule has 1 saturated heterocycles. The molecule has 5 heteroatoms. The van der Waals surface area contributed by atoms with Crippen molar-refractivity contribution in [2.45, 2.75) is 50.7 Å². The molecule has 1 aromatic rings. The molecule has 6 rings (SSSR count). The van der Waals surface area contributed by atoms with Crippen LogP contribution in [0.5, 0.6) is 0 Å². The fourth-order valence-corrected chi connectivity index (χ4v) is 6.84. The van der Waals surface area contributed by atoms with Gasteiger partial charge in [0.25, 0.3) is 0 Å². The number of likely N-dealkylation sites (N-methyl/N-ethyl adjacent to an activating group) is 1. The molecule has 1 N–H and O–H groups in total. The van der Waals surface area contributed by atoms with E-state index in [1.165, 1.54) is 37.7 Å². The molecule has 1 unspecified atom stereocenters. The molecule has 5 fully saturated rings. The summed E-state index contributed by atoms with van der Waals surface area (Å²) in [4.78, 5) is 18.0. The zero-order valence-electron chi connectivity index (χ0n) is 18.3. The number of morpholine rings is 1. The molecule has 4 aliphatic carbocycles. The van der Waals surface area contributed by atoms with Gasteiger partial charge in [-0.05, 0) is 68.4 Å². The highest BCUT2D eigenvalue weighted by atomic mass is 16.5. The van der Waals surface area contributed by atoms with Crippen LogP contribution in [0, 0.1) is 23.7 Å². The van der Waals surface area contributed by atoms with E-state index in [0.717, 1.165) is 56.5 Å². The van der Waals surface area contributed by atoms with Gasteiger partial charge in [-0.1, -0.05) is 30.3 Å². The Balaban J connectivity index is 1.15. The van der Waals surface area contributed by atoms with Crippen LogP contribution in [0.4, 0.5) is 0 Å². The summed E-state index contributed by atoms with van der Waals surface area (Å²) >= 11 is 0. The van der Waals surface area contributed by atoms with E-state index in [1.54, 1.807) is 0 Å². The van der Waals surface area contributed by atoms with Gasteiger partial charge in [-0.2, -0.15) is 0 Å². The van der Waals surface area contributed by atoms with Crippen LogP contribution in [0.15, 0.2) is 30.3 Å². The Kier molecular flexibility index (Phi) is 6.12. The summed E-state index contributed by atoms with van der Waals surface area (Å²) in [5.74, 6) is 3.53. The van der Waals surface area contributed by atoms with Crippen LogP contribution in [0.3, 0.4) is 0 Å². The first-order valence-electron chi connectivity index (χ1n) is 12.0. The van der Waals surface area contributed by atoms with E-state index in [2.05, 4.69) is 52.5 Å². The number of hydrogen-bond acceptors (Lipinski definition) is 4. The maximum atomic E-state index is 13.3. The second-order valence-corrected chi connectivity index (χ2v) is 10.3. The van der Waals surface area contributed by atoms with Gasteiger partial charge in [-0.3, -0.25) is 9.69 Å². The number of carbonyl (C=O) groups is 1. The van der Waals surface area contributed by atoms with Crippen molar-refractivity contribution in [2.75, 3.05) is 39.9 Å².